The van der Waals surface area contributed by atoms with Gasteiger partial charge in [-0.3, -0.25) is 9.79 Å². The maximum atomic E-state index is 12.1. The Kier molecular flexibility index (Phi) is 3.71. The Bertz CT molecular complexity index is 1140. The molecule has 1 saturated carbocycles. The number of hydrogen-bond acceptors (Lipinski definition) is 6. The number of carbonyl (C=O) groups excluding carboxylic acids is 1. The third-order valence-electron chi connectivity index (χ3n) is 6.46. The molecule has 6 unspecified atom stereocenters. The molecule has 9 nitrogen and oxygen atoms in total. The summed E-state index contributed by atoms with van der Waals surface area (Å²) in [6.45, 7) is 0. The van der Waals surface area contributed by atoms with Crippen LogP contribution in [0, 0.1) is 17.8 Å². The second-order valence-corrected chi connectivity index (χ2v) is 8.19. The highest BCUT2D eigenvalue weighted by molar-refractivity contribution is 6.13. The van der Waals surface area contributed by atoms with E-state index in [9.17, 15) is 4.79 Å². The van der Waals surface area contributed by atoms with E-state index in [2.05, 4.69) is 38.1 Å². The first kappa shape index (κ1) is 17.3. The van der Waals surface area contributed by atoms with E-state index in [-0.39, 0.29) is 41.9 Å². The van der Waals surface area contributed by atoms with Crippen molar-refractivity contribution in [3.05, 3.63) is 42.6 Å². The number of fused-ring (bicyclic) bond motifs is 4. The lowest BCUT2D eigenvalue weighted by Crippen LogP contribution is -2.55. The van der Waals surface area contributed by atoms with Crippen LogP contribution in [-0.4, -0.2) is 47.3 Å². The Balaban J connectivity index is 1.32. The molecular formula is C21H22N8O. The molecule has 152 valence electrons. The maximum Gasteiger partial charge on any atom is 0.223 e. The van der Waals surface area contributed by atoms with E-state index in [0.29, 0.717) is 5.96 Å². The van der Waals surface area contributed by atoms with Gasteiger partial charge in [-0.25, -0.2) is 9.98 Å². The topological polar surface area (TPSA) is 132 Å². The van der Waals surface area contributed by atoms with Crippen LogP contribution < -0.4 is 21.7 Å². The summed E-state index contributed by atoms with van der Waals surface area (Å²) in [6.07, 6.45) is 8.47. The van der Waals surface area contributed by atoms with Gasteiger partial charge in [0.1, 0.15) is 11.9 Å². The minimum Gasteiger partial charge on any atom is -0.369 e. The highest BCUT2D eigenvalue weighted by Crippen LogP contribution is 2.45. The van der Waals surface area contributed by atoms with Crippen LogP contribution in [0.4, 0.5) is 5.69 Å². The summed E-state index contributed by atoms with van der Waals surface area (Å²) in [6, 6.07) is 7.70. The number of aliphatic imine (C=N–C) groups is 3. The second-order valence-electron chi connectivity index (χ2n) is 8.19. The van der Waals surface area contributed by atoms with Gasteiger partial charge in [-0.1, -0.05) is 18.2 Å². The Labute approximate surface area is 172 Å². The number of benzene rings is 1. The Morgan fingerprint density at radius 2 is 2.13 bits per heavy atom. The standard InChI is InChI=1S/C21H22N8O/c22-18(30)15-10-4-5-11(8-10)16(15)27-20-17-19(25-9-24-17)28-21(29-20)26-14-3-1-2-13-12(14)6-7-23-13/h1-7,9-11,15-17,19,23H,8H2,(H2,22,30)(H,24,25)(H2,26,27,28,29). The number of rotatable bonds is 3. The van der Waals surface area contributed by atoms with Crippen molar-refractivity contribution < 1.29 is 4.79 Å². The van der Waals surface area contributed by atoms with Crippen LogP contribution in [0.25, 0.3) is 10.9 Å². The zero-order valence-electron chi connectivity index (χ0n) is 16.1. The van der Waals surface area contributed by atoms with E-state index < -0.39 is 0 Å². The predicted molar refractivity (Wildman–Crippen MR) is 116 cm³/mol. The van der Waals surface area contributed by atoms with Crippen molar-refractivity contribution in [2.45, 2.75) is 24.7 Å². The number of nitrogens with two attached hydrogens (primary N) is 1. The molecule has 30 heavy (non-hydrogen) atoms. The van der Waals surface area contributed by atoms with Crippen LogP contribution >= 0.6 is 0 Å². The molecule has 0 radical (unpaired) electrons. The molecule has 6 atom stereocenters. The zero-order chi connectivity index (χ0) is 20.2. The molecule has 0 saturated heterocycles. The lowest BCUT2D eigenvalue weighted by Gasteiger charge is -2.29. The van der Waals surface area contributed by atoms with Gasteiger partial charge in [-0.2, -0.15) is 0 Å². The molecule has 2 aliphatic carbocycles. The SMILES string of the molecule is NC(=O)C1C2C=CC(C2)C1N=C1NC(Nc2cccc3[nH]ccc23)=NC2N=CNC12. The van der Waals surface area contributed by atoms with E-state index in [0.717, 1.165) is 28.8 Å². The van der Waals surface area contributed by atoms with Crippen molar-refractivity contribution in [1.29, 1.82) is 0 Å². The Hall–Kier alpha value is -3.62. The number of anilines is 1. The molecule has 1 amide bonds. The lowest BCUT2D eigenvalue weighted by molar-refractivity contribution is -0.122. The minimum absolute atomic E-state index is 0.157. The van der Waals surface area contributed by atoms with Crippen LogP contribution in [0.5, 0.6) is 0 Å². The molecule has 1 aromatic carbocycles. The van der Waals surface area contributed by atoms with Crippen LogP contribution in [0.3, 0.4) is 0 Å². The Morgan fingerprint density at radius 1 is 1.23 bits per heavy atom. The number of amidine groups is 1. The predicted octanol–water partition coefficient (Wildman–Crippen LogP) is 0.940. The third-order valence-corrected chi connectivity index (χ3v) is 6.46. The molecule has 1 fully saturated rings. The molecule has 6 N–H and O–H groups in total. The van der Waals surface area contributed by atoms with Gasteiger partial charge in [0.25, 0.3) is 0 Å². The van der Waals surface area contributed by atoms with Crippen LogP contribution in [0.1, 0.15) is 6.42 Å². The number of nitrogens with one attached hydrogen (secondary N) is 4. The van der Waals surface area contributed by atoms with Gasteiger partial charge < -0.3 is 26.7 Å². The van der Waals surface area contributed by atoms with Gasteiger partial charge in [-0.05, 0) is 30.5 Å². The summed E-state index contributed by atoms with van der Waals surface area (Å²) < 4.78 is 0. The largest absolute Gasteiger partial charge is 0.369 e. The molecule has 1 aromatic heterocycles. The number of carbonyl (C=O) groups is 1. The van der Waals surface area contributed by atoms with Gasteiger partial charge in [0, 0.05) is 23.0 Å². The highest BCUT2D eigenvalue weighted by Gasteiger charge is 2.48. The summed E-state index contributed by atoms with van der Waals surface area (Å²) in [4.78, 5) is 29.4. The van der Waals surface area contributed by atoms with E-state index in [1.807, 2.05) is 30.5 Å². The molecule has 4 aliphatic rings. The monoisotopic (exact) mass is 402 g/mol. The Morgan fingerprint density at radius 3 is 3.03 bits per heavy atom. The molecule has 2 aliphatic heterocycles. The van der Waals surface area contributed by atoms with E-state index >= 15 is 0 Å². The van der Waals surface area contributed by atoms with Gasteiger partial charge in [0.2, 0.25) is 11.9 Å². The fourth-order valence-electron chi connectivity index (χ4n) is 5.07. The second kappa shape index (κ2) is 6.45. The average molecular weight is 402 g/mol. The van der Waals surface area contributed by atoms with Crippen LogP contribution in [-0.2, 0) is 4.79 Å². The first-order valence-electron chi connectivity index (χ1n) is 10.2. The zero-order valence-corrected chi connectivity index (χ0v) is 16.1. The first-order valence-corrected chi connectivity index (χ1v) is 10.2. The normalized spacial score (nSPS) is 34.7. The number of nitrogens with zero attached hydrogens (tertiary/aromatic N) is 3. The van der Waals surface area contributed by atoms with E-state index in [1.165, 1.54) is 0 Å². The number of amides is 1. The minimum atomic E-state index is -0.306. The number of aromatic nitrogens is 1. The summed E-state index contributed by atoms with van der Waals surface area (Å²) in [5, 5.41) is 11.0. The van der Waals surface area contributed by atoms with Crippen molar-refractivity contribution in [2.24, 2.45) is 38.5 Å². The average Bonchev–Trinajstić information content (AvgIpc) is 3.51. The summed E-state index contributed by atoms with van der Waals surface area (Å²) in [5.74, 6) is 1.19. The lowest BCUT2D eigenvalue weighted by atomic mass is 9.88. The van der Waals surface area contributed by atoms with Crippen molar-refractivity contribution in [3.63, 3.8) is 0 Å². The number of aromatic amines is 1. The van der Waals surface area contributed by atoms with Crippen molar-refractivity contribution in [1.82, 2.24) is 15.6 Å². The van der Waals surface area contributed by atoms with Crippen LogP contribution in [0.15, 0.2) is 57.6 Å². The third kappa shape index (κ3) is 2.62. The molecule has 2 aromatic rings. The number of H-pyrrole nitrogens is 1. The molecule has 6 rings (SSSR count). The van der Waals surface area contributed by atoms with Gasteiger partial charge in [0.05, 0.1) is 24.0 Å². The number of allylic oxidation sites excluding steroid dienone is 1. The summed E-state index contributed by atoms with van der Waals surface area (Å²) in [7, 11) is 0. The fourth-order valence-corrected chi connectivity index (χ4v) is 5.07. The highest BCUT2D eigenvalue weighted by atomic mass is 16.1. The molecule has 2 bridgehead atoms. The molecule has 0 spiro atoms. The van der Waals surface area contributed by atoms with Crippen molar-refractivity contribution >= 4 is 40.6 Å². The smallest absolute Gasteiger partial charge is 0.223 e. The summed E-state index contributed by atoms with van der Waals surface area (Å²) in [5.41, 5.74) is 7.70. The molecule has 9 heteroatoms. The van der Waals surface area contributed by atoms with Crippen LogP contribution in [0.2, 0.25) is 0 Å². The van der Waals surface area contributed by atoms with Gasteiger partial charge >= 0.3 is 0 Å². The quantitative estimate of drug-likeness (QED) is 0.489. The van der Waals surface area contributed by atoms with Gasteiger partial charge in [0.15, 0.2) is 6.17 Å². The number of hydrogen-bond donors (Lipinski definition) is 5. The van der Waals surface area contributed by atoms with E-state index in [4.69, 9.17) is 15.7 Å². The van der Waals surface area contributed by atoms with Gasteiger partial charge in [-0.15, -0.1) is 0 Å². The molecular weight excluding hydrogens is 380 g/mol. The van der Waals surface area contributed by atoms with E-state index in [1.54, 1.807) is 6.34 Å². The number of primary amides is 1. The first-order chi connectivity index (χ1) is 14.7. The van der Waals surface area contributed by atoms with Crippen molar-refractivity contribution in [2.75, 3.05) is 5.32 Å². The maximum absolute atomic E-state index is 12.1. The summed E-state index contributed by atoms with van der Waals surface area (Å²) >= 11 is 0. The molecule has 3 heterocycles. The fraction of sp³-hybridized carbons (Fsp3) is 0.333. The number of guanidine groups is 1. The van der Waals surface area contributed by atoms with Crippen molar-refractivity contribution in [3.8, 4) is 0 Å².